The van der Waals surface area contributed by atoms with Gasteiger partial charge in [-0.2, -0.15) is 0 Å². The van der Waals surface area contributed by atoms with Gasteiger partial charge in [0.25, 0.3) is 0 Å². The van der Waals surface area contributed by atoms with Crippen LogP contribution in [0, 0.1) is 6.92 Å². The van der Waals surface area contributed by atoms with E-state index in [0.717, 1.165) is 37.0 Å². The van der Waals surface area contributed by atoms with Crippen molar-refractivity contribution >= 4 is 0 Å². The Labute approximate surface area is 114 Å². The first-order valence-corrected chi connectivity index (χ1v) is 7.01. The zero-order valence-corrected chi connectivity index (χ0v) is 11.4. The molecule has 1 aromatic carbocycles. The molecule has 1 fully saturated rings. The summed E-state index contributed by atoms with van der Waals surface area (Å²) in [5.41, 5.74) is 2.54. The summed E-state index contributed by atoms with van der Waals surface area (Å²) in [6.45, 7) is 5.15. The van der Waals surface area contributed by atoms with Gasteiger partial charge in [-0.15, -0.1) is 0 Å². The summed E-state index contributed by atoms with van der Waals surface area (Å²) < 4.78 is 5.12. The van der Waals surface area contributed by atoms with E-state index < -0.39 is 0 Å². The smallest absolute Gasteiger partial charge is 0.133 e. The van der Waals surface area contributed by atoms with Crippen LogP contribution in [0.2, 0.25) is 0 Å². The highest BCUT2D eigenvalue weighted by Crippen LogP contribution is 2.28. The second kappa shape index (κ2) is 5.57. The van der Waals surface area contributed by atoms with Crippen LogP contribution in [0.3, 0.4) is 0 Å². The lowest BCUT2D eigenvalue weighted by molar-refractivity contribution is 0.199. The summed E-state index contributed by atoms with van der Waals surface area (Å²) in [4.78, 5) is 2.47. The van der Waals surface area contributed by atoms with Crippen LogP contribution < -0.4 is 0 Å². The van der Waals surface area contributed by atoms with Gasteiger partial charge in [0.1, 0.15) is 5.76 Å². The molecule has 1 saturated heterocycles. The van der Waals surface area contributed by atoms with Gasteiger partial charge < -0.3 is 4.52 Å². The number of aromatic nitrogens is 1. The molecule has 19 heavy (non-hydrogen) atoms. The van der Waals surface area contributed by atoms with Crippen LogP contribution in [0.5, 0.6) is 0 Å². The molecule has 0 unspecified atom stereocenters. The van der Waals surface area contributed by atoms with Crippen LogP contribution in [-0.4, -0.2) is 23.1 Å². The Morgan fingerprint density at radius 3 is 2.58 bits per heavy atom. The summed E-state index contributed by atoms with van der Waals surface area (Å²) in [7, 11) is 0. The van der Waals surface area contributed by atoms with Gasteiger partial charge in [-0.3, -0.25) is 4.90 Å². The third-order valence-electron chi connectivity index (χ3n) is 3.92. The van der Waals surface area contributed by atoms with Gasteiger partial charge >= 0.3 is 0 Å². The molecule has 0 radical (unpaired) electrons. The Morgan fingerprint density at radius 2 is 1.95 bits per heavy atom. The molecule has 3 rings (SSSR count). The van der Waals surface area contributed by atoms with E-state index in [0.29, 0.717) is 0 Å². The van der Waals surface area contributed by atoms with Crippen LogP contribution in [0.4, 0.5) is 0 Å². The van der Waals surface area contributed by atoms with Crippen molar-refractivity contribution in [1.29, 1.82) is 0 Å². The summed E-state index contributed by atoms with van der Waals surface area (Å²) in [6, 6.07) is 12.9. The number of likely N-dealkylation sites (tertiary alicyclic amines) is 1. The minimum Gasteiger partial charge on any atom is -0.361 e. The van der Waals surface area contributed by atoms with E-state index >= 15 is 0 Å². The van der Waals surface area contributed by atoms with Crippen molar-refractivity contribution in [2.45, 2.75) is 32.2 Å². The lowest BCUT2D eigenvalue weighted by atomic mass is 9.89. The first-order valence-electron chi connectivity index (χ1n) is 7.01. The molecule has 3 nitrogen and oxygen atoms in total. The predicted molar refractivity (Wildman–Crippen MR) is 74.9 cm³/mol. The van der Waals surface area contributed by atoms with Gasteiger partial charge in [-0.25, -0.2) is 0 Å². The Kier molecular flexibility index (Phi) is 3.65. The van der Waals surface area contributed by atoms with Crippen molar-refractivity contribution in [2.24, 2.45) is 0 Å². The van der Waals surface area contributed by atoms with Gasteiger partial charge in [-0.1, -0.05) is 35.5 Å². The maximum absolute atomic E-state index is 5.12. The second-order valence-electron chi connectivity index (χ2n) is 5.39. The molecular formula is C16H20N2O. The predicted octanol–water partition coefficient (Wildman–Crippen LogP) is 3.36. The molecule has 0 saturated carbocycles. The molecule has 0 amide bonds. The van der Waals surface area contributed by atoms with Gasteiger partial charge in [0.05, 0.1) is 5.69 Å². The monoisotopic (exact) mass is 256 g/mol. The fraction of sp³-hybridized carbons (Fsp3) is 0.438. The van der Waals surface area contributed by atoms with Gasteiger partial charge in [0.15, 0.2) is 0 Å². The van der Waals surface area contributed by atoms with E-state index in [1.54, 1.807) is 0 Å². The lowest BCUT2D eigenvalue weighted by Crippen LogP contribution is -2.32. The highest BCUT2D eigenvalue weighted by molar-refractivity contribution is 5.20. The molecule has 1 aliphatic rings. The van der Waals surface area contributed by atoms with Gasteiger partial charge in [-0.05, 0) is 44.3 Å². The molecule has 3 heteroatoms. The number of piperidine rings is 1. The Morgan fingerprint density at radius 1 is 1.21 bits per heavy atom. The average molecular weight is 256 g/mol. The first kappa shape index (κ1) is 12.4. The average Bonchev–Trinajstić information content (AvgIpc) is 2.86. The Balaban J connectivity index is 1.55. The van der Waals surface area contributed by atoms with Crippen molar-refractivity contribution in [3.05, 3.63) is 53.4 Å². The summed E-state index contributed by atoms with van der Waals surface area (Å²) in [5.74, 6) is 1.62. The minimum absolute atomic E-state index is 0.719. The van der Waals surface area contributed by atoms with Crippen LogP contribution in [-0.2, 0) is 6.54 Å². The SMILES string of the molecule is Cc1cc(CN2CCC(c3ccccc3)CC2)no1. The maximum atomic E-state index is 5.12. The standard InChI is InChI=1S/C16H20N2O/c1-13-11-16(17-19-13)12-18-9-7-15(8-10-18)14-5-3-2-4-6-14/h2-6,11,15H,7-10,12H2,1H3. The zero-order valence-electron chi connectivity index (χ0n) is 11.4. The third kappa shape index (κ3) is 3.04. The van der Waals surface area contributed by atoms with Crippen molar-refractivity contribution in [3.8, 4) is 0 Å². The normalized spacial score (nSPS) is 17.7. The zero-order chi connectivity index (χ0) is 13.1. The highest BCUT2D eigenvalue weighted by atomic mass is 16.5. The number of rotatable bonds is 3. The molecule has 2 aromatic rings. The quantitative estimate of drug-likeness (QED) is 0.843. The molecule has 1 aliphatic heterocycles. The number of hydrogen-bond acceptors (Lipinski definition) is 3. The maximum Gasteiger partial charge on any atom is 0.133 e. The number of aryl methyl sites for hydroxylation is 1. The molecule has 2 heterocycles. The van der Waals surface area contributed by atoms with Crippen LogP contribution in [0.15, 0.2) is 40.9 Å². The summed E-state index contributed by atoms with van der Waals surface area (Å²) in [5, 5.41) is 4.07. The van der Waals surface area contributed by atoms with E-state index in [-0.39, 0.29) is 0 Å². The molecule has 0 spiro atoms. The summed E-state index contributed by atoms with van der Waals surface area (Å²) >= 11 is 0. The molecule has 0 bridgehead atoms. The van der Waals surface area contributed by atoms with Gasteiger partial charge in [0.2, 0.25) is 0 Å². The molecule has 1 aromatic heterocycles. The van der Waals surface area contributed by atoms with Crippen LogP contribution in [0.25, 0.3) is 0 Å². The van der Waals surface area contributed by atoms with Crippen molar-refractivity contribution < 1.29 is 4.52 Å². The van der Waals surface area contributed by atoms with Crippen molar-refractivity contribution in [1.82, 2.24) is 10.1 Å². The molecule has 0 N–H and O–H groups in total. The number of nitrogens with zero attached hydrogens (tertiary/aromatic N) is 2. The van der Waals surface area contributed by atoms with E-state index in [9.17, 15) is 0 Å². The minimum atomic E-state index is 0.719. The molecule has 0 atom stereocenters. The Hall–Kier alpha value is -1.61. The lowest BCUT2D eigenvalue weighted by Gasteiger charge is -2.31. The third-order valence-corrected chi connectivity index (χ3v) is 3.92. The van der Waals surface area contributed by atoms with Crippen LogP contribution >= 0.6 is 0 Å². The molecule has 100 valence electrons. The van der Waals surface area contributed by atoms with Crippen molar-refractivity contribution in [2.75, 3.05) is 13.1 Å². The van der Waals surface area contributed by atoms with Crippen LogP contribution in [0.1, 0.15) is 35.8 Å². The van der Waals surface area contributed by atoms with Gasteiger partial charge in [0, 0.05) is 12.6 Å². The highest BCUT2D eigenvalue weighted by Gasteiger charge is 2.21. The fourth-order valence-electron chi connectivity index (χ4n) is 2.87. The largest absolute Gasteiger partial charge is 0.361 e. The number of hydrogen-bond donors (Lipinski definition) is 0. The number of benzene rings is 1. The van der Waals surface area contributed by atoms with E-state index in [1.165, 1.54) is 18.4 Å². The fourth-order valence-corrected chi connectivity index (χ4v) is 2.87. The first-order chi connectivity index (χ1) is 9.31. The summed E-state index contributed by atoms with van der Waals surface area (Å²) in [6.07, 6.45) is 2.47. The Bertz CT molecular complexity index is 513. The molecular weight excluding hydrogens is 236 g/mol. The van der Waals surface area contributed by atoms with Crippen molar-refractivity contribution in [3.63, 3.8) is 0 Å². The van der Waals surface area contributed by atoms with E-state index in [2.05, 4.69) is 40.4 Å². The molecule has 0 aliphatic carbocycles. The second-order valence-corrected chi connectivity index (χ2v) is 5.39. The topological polar surface area (TPSA) is 29.3 Å². The van der Waals surface area contributed by atoms with E-state index in [1.807, 2.05) is 13.0 Å². The van der Waals surface area contributed by atoms with E-state index in [4.69, 9.17) is 4.52 Å².